The van der Waals surface area contributed by atoms with Gasteiger partial charge in [0, 0.05) is 24.2 Å². The van der Waals surface area contributed by atoms with Gasteiger partial charge in [-0.25, -0.2) is 20.2 Å². The number of nitrogens with two attached hydrogens (primary N) is 2. The monoisotopic (exact) mass is 522 g/mol. The molecule has 38 heavy (non-hydrogen) atoms. The Labute approximate surface area is 221 Å². The Hall–Kier alpha value is -4.12. The van der Waals surface area contributed by atoms with E-state index in [0.29, 0.717) is 17.8 Å². The minimum atomic E-state index is -0.465. The first-order valence-corrected chi connectivity index (χ1v) is 12.3. The standard InChI is InChI=1S/C27H35FN8O2/c1-16-10-19(24(35-29)36-30)6-5-7-23(27(3,4)13-16)34-26(38)22-12-21(32-15-33-22)25(37)31-14-18-8-9-20(28)17(2)11-18/h5-6,8-12,15-16,23H,7,13-14,29-30H2,1-4H3,(H,31,37)(H,34,38)(H,35,36)/b6-5-,19-10+. The van der Waals surface area contributed by atoms with E-state index >= 15 is 0 Å². The van der Waals surface area contributed by atoms with Crippen LogP contribution in [-0.4, -0.2) is 33.7 Å². The lowest BCUT2D eigenvalue weighted by atomic mass is 9.76. The number of halogens is 1. The fraction of sp³-hybridized carbons (Fsp3) is 0.370. The summed E-state index contributed by atoms with van der Waals surface area (Å²) in [5.41, 5.74) is 4.38. The number of hydrogen-bond acceptors (Lipinski definition) is 7. The summed E-state index contributed by atoms with van der Waals surface area (Å²) in [6, 6.07) is 5.76. The minimum absolute atomic E-state index is 0.0583. The highest BCUT2D eigenvalue weighted by Crippen LogP contribution is 2.33. The summed E-state index contributed by atoms with van der Waals surface area (Å²) in [5, 5.41) is 9.52. The number of carbonyl (C=O) groups excluding carboxylic acids is 2. The van der Waals surface area contributed by atoms with Gasteiger partial charge in [-0.2, -0.15) is 5.10 Å². The van der Waals surface area contributed by atoms with Gasteiger partial charge in [0.05, 0.1) is 0 Å². The van der Waals surface area contributed by atoms with Gasteiger partial charge in [-0.05, 0) is 48.3 Å². The molecule has 1 aromatic heterocycles. The molecule has 11 heteroatoms. The second kappa shape index (κ2) is 12.4. The molecule has 0 radical (unpaired) electrons. The van der Waals surface area contributed by atoms with E-state index in [9.17, 15) is 14.0 Å². The van der Waals surface area contributed by atoms with Crippen molar-refractivity contribution in [2.75, 3.05) is 0 Å². The number of aromatic nitrogens is 2. The van der Waals surface area contributed by atoms with Crippen molar-refractivity contribution in [2.24, 2.45) is 28.1 Å². The smallest absolute Gasteiger partial charge is 0.270 e. The Morgan fingerprint density at radius 2 is 1.89 bits per heavy atom. The maximum atomic E-state index is 13.5. The van der Waals surface area contributed by atoms with E-state index < -0.39 is 11.8 Å². The molecule has 10 nitrogen and oxygen atoms in total. The van der Waals surface area contributed by atoms with Gasteiger partial charge in [0.2, 0.25) is 0 Å². The number of rotatable bonds is 6. The fourth-order valence-electron chi connectivity index (χ4n) is 4.58. The van der Waals surface area contributed by atoms with E-state index in [0.717, 1.165) is 17.6 Å². The van der Waals surface area contributed by atoms with Crippen LogP contribution in [0.3, 0.4) is 0 Å². The summed E-state index contributed by atoms with van der Waals surface area (Å²) in [6.07, 6.45) is 8.35. The molecule has 2 aromatic rings. The van der Waals surface area contributed by atoms with E-state index in [-0.39, 0.29) is 41.1 Å². The van der Waals surface area contributed by atoms with Crippen molar-refractivity contribution in [1.29, 1.82) is 0 Å². The Kier molecular flexibility index (Phi) is 9.30. The first-order chi connectivity index (χ1) is 18.0. The van der Waals surface area contributed by atoms with E-state index in [1.165, 1.54) is 18.5 Å². The van der Waals surface area contributed by atoms with Gasteiger partial charge in [-0.1, -0.05) is 51.1 Å². The third-order valence-electron chi connectivity index (χ3n) is 6.58. The molecule has 0 spiro atoms. The van der Waals surface area contributed by atoms with Gasteiger partial charge in [-0.3, -0.25) is 9.59 Å². The molecule has 2 amide bonds. The highest BCUT2D eigenvalue weighted by Gasteiger charge is 2.32. The third-order valence-corrected chi connectivity index (χ3v) is 6.58. The topological polar surface area (TPSA) is 160 Å². The molecule has 2 unspecified atom stereocenters. The van der Waals surface area contributed by atoms with Crippen LogP contribution in [0.15, 0.2) is 59.5 Å². The normalized spacial score (nSPS) is 21.6. The largest absolute Gasteiger partial charge is 0.347 e. The predicted molar refractivity (Wildman–Crippen MR) is 144 cm³/mol. The molecule has 1 aliphatic carbocycles. The van der Waals surface area contributed by atoms with Gasteiger partial charge in [-0.15, -0.1) is 0 Å². The second-order valence-electron chi connectivity index (χ2n) is 10.1. The van der Waals surface area contributed by atoms with Crippen LogP contribution in [0.5, 0.6) is 0 Å². The SMILES string of the molecule is Cc1cc(CNC(=O)c2cc(C(=O)NC3C\C=C/C(C(=N/N)/NN)=C\C(C)CC3(C)C)ncn2)ccc1F. The zero-order valence-corrected chi connectivity index (χ0v) is 22.1. The van der Waals surface area contributed by atoms with Crippen LogP contribution in [0, 0.1) is 24.1 Å². The Morgan fingerprint density at radius 3 is 2.55 bits per heavy atom. The lowest BCUT2D eigenvalue weighted by Crippen LogP contribution is -2.45. The van der Waals surface area contributed by atoms with Crippen LogP contribution in [-0.2, 0) is 6.54 Å². The van der Waals surface area contributed by atoms with Gasteiger partial charge in [0.1, 0.15) is 23.5 Å². The number of aryl methyl sites for hydroxylation is 1. The molecule has 0 bridgehead atoms. The molecule has 2 atom stereocenters. The first kappa shape index (κ1) is 28.5. The van der Waals surface area contributed by atoms with Crippen molar-refractivity contribution < 1.29 is 14.0 Å². The van der Waals surface area contributed by atoms with Gasteiger partial charge in [0.15, 0.2) is 5.84 Å². The quantitative estimate of drug-likeness (QED) is 0.169. The molecular weight excluding hydrogens is 487 g/mol. The number of nitrogens with one attached hydrogen (secondary N) is 3. The van der Waals surface area contributed by atoms with E-state index in [4.69, 9.17) is 11.7 Å². The minimum Gasteiger partial charge on any atom is -0.347 e. The van der Waals surface area contributed by atoms with Crippen molar-refractivity contribution >= 4 is 17.6 Å². The number of allylic oxidation sites excluding steroid dienone is 1. The molecule has 1 aliphatic rings. The van der Waals surface area contributed by atoms with Crippen molar-refractivity contribution in [3.8, 4) is 0 Å². The molecule has 202 valence electrons. The molecule has 0 saturated heterocycles. The van der Waals surface area contributed by atoms with Crippen LogP contribution < -0.4 is 27.7 Å². The molecular formula is C27H35FN8O2. The number of carbonyl (C=O) groups is 2. The maximum absolute atomic E-state index is 13.5. The summed E-state index contributed by atoms with van der Waals surface area (Å²) in [4.78, 5) is 34.0. The zero-order chi connectivity index (χ0) is 27.9. The molecule has 3 rings (SSSR count). The van der Waals surface area contributed by atoms with Gasteiger partial charge < -0.3 is 21.9 Å². The molecule has 0 aliphatic heterocycles. The van der Waals surface area contributed by atoms with Crippen molar-refractivity contribution in [1.82, 2.24) is 26.0 Å². The number of amides is 2. The summed E-state index contributed by atoms with van der Waals surface area (Å²) < 4.78 is 13.5. The lowest BCUT2D eigenvalue weighted by molar-refractivity contribution is 0.0879. The number of hydrazine groups is 1. The molecule has 0 saturated carbocycles. The molecule has 1 heterocycles. The van der Waals surface area contributed by atoms with Crippen LogP contribution in [0.2, 0.25) is 0 Å². The van der Waals surface area contributed by atoms with Gasteiger partial charge in [0.25, 0.3) is 11.8 Å². The number of amidine groups is 1. The summed E-state index contributed by atoms with van der Waals surface area (Å²) >= 11 is 0. The lowest BCUT2D eigenvalue weighted by Gasteiger charge is -2.35. The molecule has 0 fully saturated rings. The number of benzene rings is 1. The Morgan fingerprint density at radius 1 is 1.18 bits per heavy atom. The maximum Gasteiger partial charge on any atom is 0.270 e. The third kappa shape index (κ3) is 7.22. The zero-order valence-electron chi connectivity index (χ0n) is 22.1. The molecule has 7 N–H and O–H groups in total. The average molecular weight is 523 g/mol. The van der Waals surface area contributed by atoms with E-state index in [1.807, 2.05) is 18.2 Å². The fourth-order valence-corrected chi connectivity index (χ4v) is 4.58. The number of hydrogen-bond donors (Lipinski definition) is 5. The van der Waals surface area contributed by atoms with Crippen molar-refractivity contribution in [3.63, 3.8) is 0 Å². The Bertz CT molecular complexity index is 1270. The van der Waals surface area contributed by atoms with Crippen LogP contribution in [0.1, 0.15) is 65.7 Å². The van der Waals surface area contributed by atoms with Gasteiger partial charge >= 0.3 is 0 Å². The molecule has 1 aromatic carbocycles. The van der Waals surface area contributed by atoms with E-state index in [2.05, 4.69) is 51.9 Å². The van der Waals surface area contributed by atoms with Crippen molar-refractivity contribution in [3.05, 3.63) is 82.7 Å². The Balaban J connectivity index is 1.72. The van der Waals surface area contributed by atoms with E-state index in [1.54, 1.807) is 19.1 Å². The highest BCUT2D eigenvalue weighted by molar-refractivity contribution is 6.00. The number of nitrogens with zero attached hydrogens (tertiary/aromatic N) is 3. The highest BCUT2D eigenvalue weighted by atomic mass is 19.1. The van der Waals surface area contributed by atoms with Crippen LogP contribution in [0.4, 0.5) is 4.39 Å². The van der Waals surface area contributed by atoms with Crippen molar-refractivity contribution in [2.45, 2.75) is 53.1 Å². The van der Waals surface area contributed by atoms with Crippen LogP contribution in [0.25, 0.3) is 0 Å². The number of hydrazone groups is 1. The summed E-state index contributed by atoms with van der Waals surface area (Å²) in [5.74, 6) is 10.3. The average Bonchev–Trinajstić information content (AvgIpc) is 2.93. The predicted octanol–water partition coefficient (Wildman–Crippen LogP) is 2.63. The van der Waals surface area contributed by atoms with Crippen LogP contribution >= 0.6 is 0 Å². The second-order valence-corrected chi connectivity index (χ2v) is 10.1. The first-order valence-electron chi connectivity index (χ1n) is 12.3. The summed E-state index contributed by atoms with van der Waals surface area (Å²) in [6.45, 7) is 8.11. The summed E-state index contributed by atoms with van der Waals surface area (Å²) in [7, 11) is 0.